The molecule has 0 aromatic rings. The van der Waals surface area contributed by atoms with E-state index in [9.17, 15) is 14.7 Å². The Hall–Kier alpha value is -0.320. The first-order valence-electron chi connectivity index (χ1n) is 7.67. The van der Waals surface area contributed by atoms with Gasteiger partial charge in [-0.05, 0) is 24.8 Å². The number of carboxylic acids is 1. The number of aliphatic carboxylic acids is 1. The normalized spacial score (nSPS) is 12.2. The van der Waals surface area contributed by atoms with Crippen LogP contribution >= 0.6 is 0 Å². The van der Waals surface area contributed by atoms with Crippen LogP contribution in [0.15, 0.2) is 12.2 Å². The Morgan fingerprint density at radius 2 is 1.67 bits per heavy atom. The molecule has 0 saturated carbocycles. The molecule has 0 aliphatic rings. The second-order valence-electron chi connectivity index (χ2n) is 5.51. The Kier molecular flexibility index (Phi) is 16.0. The molecule has 0 bridgehead atoms. The van der Waals surface area contributed by atoms with Crippen LogP contribution in [0.2, 0.25) is 0 Å². The number of rotatable bonds is 11. The molecule has 1 amide bonds. The van der Waals surface area contributed by atoms with Crippen molar-refractivity contribution in [1.29, 1.82) is 0 Å². The molecule has 1 atom stereocenters. The molecule has 0 aromatic heterocycles. The van der Waals surface area contributed by atoms with Gasteiger partial charge in [-0.1, -0.05) is 59.0 Å². The zero-order valence-corrected chi connectivity index (χ0v) is 16.0. The summed E-state index contributed by atoms with van der Waals surface area (Å²) >= 11 is 0. The number of hydrogen-bond acceptors (Lipinski definition) is 3. The molecular weight excluding hydrogens is 277 g/mol. The van der Waals surface area contributed by atoms with E-state index < -0.39 is 12.0 Å². The molecule has 5 heteroatoms. The van der Waals surface area contributed by atoms with Gasteiger partial charge in [-0.2, -0.15) is 0 Å². The minimum Gasteiger partial charge on any atom is -0.548 e. The molecule has 21 heavy (non-hydrogen) atoms. The number of amides is 1. The van der Waals surface area contributed by atoms with Gasteiger partial charge in [0, 0.05) is 0 Å². The molecule has 0 aliphatic carbocycles. The Bertz CT molecular complexity index is 317. The molecule has 0 aliphatic heterocycles. The maximum absolute atomic E-state index is 11.5. The van der Waals surface area contributed by atoms with Crippen molar-refractivity contribution in [1.82, 2.24) is 5.32 Å². The van der Waals surface area contributed by atoms with E-state index in [4.69, 9.17) is 0 Å². The van der Waals surface area contributed by atoms with Gasteiger partial charge in [0.2, 0.25) is 5.91 Å². The molecule has 0 unspecified atom stereocenters. The molecule has 0 saturated heterocycles. The Morgan fingerprint density at radius 3 is 2.19 bits per heavy atom. The Balaban J connectivity index is 0. The Morgan fingerprint density at radius 1 is 1.10 bits per heavy atom. The third-order valence-electron chi connectivity index (χ3n) is 3.21. The average Bonchev–Trinajstić information content (AvgIpc) is 2.38. The quantitative estimate of drug-likeness (QED) is 0.308. The van der Waals surface area contributed by atoms with Crippen LogP contribution in [0.3, 0.4) is 0 Å². The summed E-state index contributed by atoms with van der Waals surface area (Å²) < 4.78 is 0. The smallest absolute Gasteiger partial charge is 0.548 e. The third-order valence-corrected chi connectivity index (χ3v) is 3.21. The monoisotopic (exact) mass is 305 g/mol. The van der Waals surface area contributed by atoms with Crippen molar-refractivity contribution in [2.45, 2.75) is 71.8 Å². The van der Waals surface area contributed by atoms with Crippen molar-refractivity contribution >= 4 is 11.9 Å². The molecule has 116 valence electrons. The second kappa shape index (κ2) is 14.6. The van der Waals surface area contributed by atoms with Crippen LogP contribution < -0.4 is 40.0 Å². The number of hydrogen-bond donors (Lipinski definition) is 1. The van der Waals surface area contributed by atoms with Crippen LogP contribution in [-0.4, -0.2) is 17.9 Å². The molecule has 1 N–H and O–H groups in total. The molecule has 0 rings (SSSR count). The predicted molar refractivity (Wildman–Crippen MR) is 78.9 cm³/mol. The van der Waals surface area contributed by atoms with E-state index in [0.29, 0.717) is 0 Å². The van der Waals surface area contributed by atoms with Crippen molar-refractivity contribution in [2.24, 2.45) is 5.92 Å². The fraction of sp³-hybridized carbons (Fsp3) is 0.750. The first-order chi connectivity index (χ1) is 9.49. The molecule has 4 nitrogen and oxygen atoms in total. The molecule has 0 heterocycles. The van der Waals surface area contributed by atoms with E-state index in [0.717, 1.165) is 12.8 Å². The molecular formula is C16H28NNaO3. The molecule has 0 aromatic carbocycles. The van der Waals surface area contributed by atoms with Gasteiger partial charge in [-0.3, -0.25) is 4.79 Å². The van der Waals surface area contributed by atoms with Crippen LogP contribution in [0.25, 0.3) is 0 Å². The maximum atomic E-state index is 11.5. The van der Waals surface area contributed by atoms with E-state index in [1.165, 1.54) is 38.2 Å². The van der Waals surface area contributed by atoms with E-state index in [1.54, 1.807) is 13.8 Å². The van der Waals surface area contributed by atoms with Gasteiger partial charge in [-0.15, -0.1) is 0 Å². The average molecular weight is 305 g/mol. The van der Waals surface area contributed by atoms with Gasteiger partial charge in [-0.25, -0.2) is 0 Å². The zero-order chi connectivity index (χ0) is 15.4. The standard InChI is InChI=1S/C16H29NO3.Na/c1-4-5-6-7-8-9-10-11-12-14(18)17-15(13(2)3)16(19)20;/h11-13,15H,4-10H2,1-3H3,(H,17,18)(H,19,20);/q;+1/p-1/t15-;/m0./s1. The van der Waals surface area contributed by atoms with Crippen LogP contribution in [0.5, 0.6) is 0 Å². The van der Waals surface area contributed by atoms with Gasteiger partial charge in [0.1, 0.15) is 0 Å². The summed E-state index contributed by atoms with van der Waals surface area (Å²) in [6, 6.07) is -0.929. The summed E-state index contributed by atoms with van der Waals surface area (Å²) in [5.74, 6) is -1.78. The van der Waals surface area contributed by atoms with E-state index in [-0.39, 0.29) is 41.4 Å². The SMILES string of the molecule is CCCCCCCCC=CC(=O)N[C@H](C(=O)[O-])C(C)C.[Na+]. The van der Waals surface area contributed by atoms with E-state index >= 15 is 0 Å². The summed E-state index contributed by atoms with van der Waals surface area (Å²) in [5, 5.41) is 13.3. The largest absolute Gasteiger partial charge is 1.00 e. The maximum Gasteiger partial charge on any atom is 1.00 e. The zero-order valence-electron chi connectivity index (χ0n) is 14.0. The fourth-order valence-corrected chi connectivity index (χ4v) is 1.93. The van der Waals surface area contributed by atoms with E-state index in [2.05, 4.69) is 12.2 Å². The summed E-state index contributed by atoms with van der Waals surface area (Å²) in [6.45, 7) is 5.67. The third kappa shape index (κ3) is 13.1. The summed E-state index contributed by atoms with van der Waals surface area (Å²) in [6.07, 6.45) is 11.4. The minimum absolute atomic E-state index is 0. The number of carbonyl (C=O) groups excluding carboxylic acids is 2. The fourth-order valence-electron chi connectivity index (χ4n) is 1.93. The van der Waals surface area contributed by atoms with Crippen molar-refractivity contribution in [3.8, 4) is 0 Å². The second-order valence-corrected chi connectivity index (χ2v) is 5.51. The van der Waals surface area contributed by atoms with Crippen LogP contribution in [-0.2, 0) is 9.59 Å². The Labute approximate surface area is 151 Å². The van der Waals surface area contributed by atoms with Gasteiger partial charge in [0.05, 0.1) is 12.0 Å². The summed E-state index contributed by atoms with van der Waals surface area (Å²) in [5.41, 5.74) is 0. The van der Waals surface area contributed by atoms with Gasteiger partial charge in [0.25, 0.3) is 0 Å². The van der Waals surface area contributed by atoms with Crippen molar-refractivity contribution in [3.63, 3.8) is 0 Å². The van der Waals surface area contributed by atoms with Gasteiger partial charge < -0.3 is 15.2 Å². The summed E-state index contributed by atoms with van der Waals surface area (Å²) in [7, 11) is 0. The van der Waals surface area contributed by atoms with Crippen LogP contribution in [0, 0.1) is 5.92 Å². The van der Waals surface area contributed by atoms with Crippen LogP contribution in [0.1, 0.15) is 65.7 Å². The number of unbranched alkanes of at least 4 members (excludes halogenated alkanes) is 6. The van der Waals surface area contributed by atoms with Crippen LogP contribution in [0.4, 0.5) is 0 Å². The van der Waals surface area contributed by atoms with Crippen molar-refractivity contribution in [3.05, 3.63) is 12.2 Å². The molecule has 0 spiro atoms. The molecule has 0 fully saturated rings. The van der Waals surface area contributed by atoms with Crippen molar-refractivity contribution < 1.29 is 44.3 Å². The number of nitrogens with one attached hydrogen (secondary N) is 1. The molecule has 0 radical (unpaired) electrons. The first kappa shape index (κ1) is 23.0. The van der Waals surface area contributed by atoms with Crippen molar-refractivity contribution in [2.75, 3.05) is 0 Å². The predicted octanol–water partition coefficient (Wildman–Crippen LogP) is -0.812. The topological polar surface area (TPSA) is 69.2 Å². The number of carboxylic acid groups (broad SMARTS) is 1. The number of allylic oxidation sites excluding steroid dienone is 1. The van der Waals surface area contributed by atoms with Gasteiger partial charge >= 0.3 is 29.6 Å². The number of carbonyl (C=O) groups is 2. The van der Waals surface area contributed by atoms with Gasteiger partial charge in [0.15, 0.2) is 0 Å². The first-order valence-corrected chi connectivity index (χ1v) is 7.67. The summed E-state index contributed by atoms with van der Waals surface area (Å²) in [4.78, 5) is 22.4. The minimum atomic E-state index is -1.24. The van der Waals surface area contributed by atoms with E-state index in [1.807, 2.05) is 6.08 Å².